The molecule has 2 aromatic heterocycles. The number of nitrogens with zero attached hydrogens (tertiary/aromatic N) is 1. The highest BCUT2D eigenvalue weighted by atomic mass is 16.6. The maximum Gasteiger partial charge on any atom is 0.373 e. The van der Waals surface area contributed by atoms with Gasteiger partial charge in [-0.05, 0) is 51.3 Å². The minimum Gasteiger partial charge on any atom is -0.456 e. The van der Waals surface area contributed by atoms with Crippen molar-refractivity contribution in [3.63, 3.8) is 0 Å². The van der Waals surface area contributed by atoms with Crippen LogP contribution in [0.5, 0.6) is 0 Å². The minimum absolute atomic E-state index is 0.0179. The number of hydrogen-bond acceptors (Lipinski definition) is 9. The molecule has 1 aliphatic carbocycles. The molecule has 5 rings (SSSR count). The van der Waals surface area contributed by atoms with Crippen LogP contribution in [-0.2, 0) is 39.8 Å². The molecule has 1 spiro atoms. The van der Waals surface area contributed by atoms with Crippen molar-refractivity contribution < 1.29 is 47.7 Å². The number of rotatable bonds is 10. The van der Waals surface area contributed by atoms with E-state index in [1.807, 2.05) is 45.0 Å². The molecule has 3 aliphatic rings. The van der Waals surface area contributed by atoms with Crippen molar-refractivity contribution in [3.05, 3.63) is 78.4 Å². The van der Waals surface area contributed by atoms with Gasteiger partial charge in [0.2, 0.25) is 6.54 Å². The van der Waals surface area contributed by atoms with E-state index < -0.39 is 66.1 Å². The van der Waals surface area contributed by atoms with Crippen LogP contribution in [-0.4, -0.2) is 77.3 Å². The van der Waals surface area contributed by atoms with Crippen molar-refractivity contribution >= 4 is 17.9 Å². The van der Waals surface area contributed by atoms with Crippen molar-refractivity contribution in [2.24, 2.45) is 23.7 Å². The monoisotopic (exact) mass is 651 g/mol. The van der Waals surface area contributed by atoms with Crippen molar-refractivity contribution in [2.75, 3.05) is 7.11 Å². The molecule has 2 bridgehead atoms. The molecule has 4 heterocycles. The summed E-state index contributed by atoms with van der Waals surface area (Å²) in [5.74, 6) is -2.68. The molecule has 47 heavy (non-hydrogen) atoms. The zero-order valence-electron chi connectivity index (χ0n) is 27.9. The Kier molecular flexibility index (Phi) is 10.7. The first-order valence-corrected chi connectivity index (χ1v) is 16.4. The summed E-state index contributed by atoms with van der Waals surface area (Å²) in [6, 6.07) is 8.88. The predicted molar refractivity (Wildman–Crippen MR) is 170 cm³/mol. The van der Waals surface area contributed by atoms with Crippen LogP contribution in [0.3, 0.4) is 0 Å². The maximum atomic E-state index is 13.6. The molecule has 1 saturated heterocycles. The summed E-state index contributed by atoms with van der Waals surface area (Å²) in [5, 5.41) is 10.6. The van der Waals surface area contributed by atoms with Crippen molar-refractivity contribution in [2.45, 2.75) is 96.2 Å². The number of ether oxygens (including phenoxy) is 5. The summed E-state index contributed by atoms with van der Waals surface area (Å²) < 4.78 is 32.3. The number of methoxy groups -OCH3 is 1. The SMILES string of the molecule is CO[C@H]1CC2C=C[C@@H]3C[C@]2(O[C@H]3[C@H](OC(=O)c2ccc[nH]2)[C@H](C)[C@H](C)O)/C(C)=C/[C@@H](C)[C@@H]([C@@H](C)OC(=O)C[n+]2ccccc2)OC1=O. The number of nitrogens with one attached hydrogen (secondary N) is 1. The molecule has 0 saturated carbocycles. The third-order valence-electron chi connectivity index (χ3n) is 10.00. The Labute approximate surface area is 275 Å². The van der Waals surface area contributed by atoms with E-state index in [0.29, 0.717) is 12.1 Å². The van der Waals surface area contributed by atoms with E-state index in [-0.39, 0.29) is 30.7 Å². The molecule has 254 valence electrons. The zero-order chi connectivity index (χ0) is 33.9. The summed E-state index contributed by atoms with van der Waals surface area (Å²) in [6.07, 6.45) is 7.73. The Morgan fingerprint density at radius 1 is 1.11 bits per heavy atom. The van der Waals surface area contributed by atoms with Crippen LogP contribution in [0.15, 0.2) is 72.7 Å². The second-order valence-electron chi connectivity index (χ2n) is 13.2. The molecule has 2 aliphatic heterocycles. The molecule has 0 amide bonds. The average Bonchev–Trinajstić information content (AvgIpc) is 3.69. The second-order valence-corrected chi connectivity index (χ2v) is 13.2. The Morgan fingerprint density at radius 3 is 2.51 bits per heavy atom. The van der Waals surface area contributed by atoms with Crippen LogP contribution in [0.4, 0.5) is 0 Å². The van der Waals surface area contributed by atoms with Gasteiger partial charge in [-0.1, -0.05) is 38.1 Å². The van der Waals surface area contributed by atoms with Crippen LogP contribution in [0.25, 0.3) is 0 Å². The Morgan fingerprint density at radius 2 is 1.85 bits per heavy atom. The van der Waals surface area contributed by atoms with E-state index in [2.05, 4.69) is 17.1 Å². The molecule has 2 aromatic rings. The van der Waals surface area contributed by atoms with Gasteiger partial charge in [0.25, 0.3) is 0 Å². The molecule has 0 radical (unpaired) electrons. The van der Waals surface area contributed by atoms with Gasteiger partial charge in [-0.2, -0.15) is 4.57 Å². The molecule has 11 atom stereocenters. The lowest BCUT2D eigenvalue weighted by Gasteiger charge is -2.41. The smallest absolute Gasteiger partial charge is 0.373 e. The zero-order valence-corrected chi connectivity index (χ0v) is 27.9. The number of fused-ring (bicyclic) bond motifs is 1. The fourth-order valence-electron chi connectivity index (χ4n) is 7.20. The highest BCUT2D eigenvalue weighted by Gasteiger charge is 2.57. The van der Waals surface area contributed by atoms with Gasteiger partial charge >= 0.3 is 17.9 Å². The first kappa shape index (κ1) is 34.5. The number of aromatic nitrogens is 2. The molecule has 1 unspecified atom stereocenters. The number of aliphatic hydroxyl groups is 1. The fraction of sp³-hybridized carbons (Fsp3) is 0.556. The highest BCUT2D eigenvalue weighted by molar-refractivity contribution is 5.87. The largest absolute Gasteiger partial charge is 0.456 e. The number of carbonyl (C=O) groups is 3. The lowest BCUT2D eigenvalue weighted by Crippen LogP contribution is -2.48. The van der Waals surface area contributed by atoms with Crippen molar-refractivity contribution in [1.29, 1.82) is 0 Å². The summed E-state index contributed by atoms with van der Waals surface area (Å²) in [6.45, 7) is 9.19. The third-order valence-corrected chi connectivity index (χ3v) is 10.00. The molecule has 11 heteroatoms. The third kappa shape index (κ3) is 7.37. The van der Waals surface area contributed by atoms with E-state index in [0.717, 1.165) is 5.57 Å². The van der Waals surface area contributed by atoms with Crippen LogP contribution >= 0.6 is 0 Å². The molecule has 1 fully saturated rings. The van der Waals surface area contributed by atoms with E-state index in [9.17, 15) is 19.5 Å². The standard InChI is InChI=1S/C36H46N2O9/c1-21-17-22(2)36-19-26(33(47-36)32(23(3)24(4)39)46-34(41)28-11-10-14-37-28)12-13-27(36)18-29(43-6)35(42)45-31(21)25(5)44-30(40)20-38-15-8-7-9-16-38/h7-17,21,23-27,29,31-33,39H,18-20H2,1-6H3/p+1/b22-17+/t21-,23-,24+,25-,26-,27?,29+,31+,32-,33-,36+/m1/s1. The van der Waals surface area contributed by atoms with Crippen LogP contribution in [0.1, 0.15) is 57.9 Å². The second kappa shape index (κ2) is 14.5. The quantitative estimate of drug-likeness (QED) is 0.170. The first-order valence-electron chi connectivity index (χ1n) is 16.4. The summed E-state index contributed by atoms with van der Waals surface area (Å²) in [7, 11) is 1.47. The van der Waals surface area contributed by atoms with E-state index in [1.54, 1.807) is 49.1 Å². The van der Waals surface area contributed by atoms with Gasteiger partial charge in [0.1, 0.15) is 30.1 Å². The van der Waals surface area contributed by atoms with Crippen LogP contribution < -0.4 is 4.57 Å². The summed E-state index contributed by atoms with van der Waals surface area (Å²) >= 11 is 0. The van der Waals surface area contributed by atoms with Gasteiger partial charge < -0.3 is 33.8 Å². The Balaban J connectivity index is 1.44. The number of cyclic esters (lactones) is 1. The number of H-pyrrole nitrogens is 1. The minimum atomic E-state index is -0.901. The van der Waals surface area contributed by atoms with Crippen molar-refractivity contribution in [1.82, 2.24) is 4.98 Å². The summed E-state index contributed by atoms with van der Waals surface area (Å²) in [5.41, 5.74) is 0.409. The maximum absolute atomic E-state index is 13.6. The van der Waals surface area contributed by atoms with Gasteiger partial charge in [-0.3, -0.25) is 0 Å². The van der Waals surface area contributed by atoms with Crippen molar-refractivity contribution in [3.8, 4) is 0 Å². The Bertz CT molecular complexity index is 1460. The highest BCUT2D eigenvalue weighted by Crippen LogP contribution is 2.53. The Hall–Kier alpha value is -3.80. The molecule has 11 nitrogen and oxygen atoms in total. The number of pyridine rings is 1. The lowest BCUT2D eigenvalue weighted by molar-refractivity contribution is -0.686. The normalized spacial score (nSPS) is 32.5. The van der Waals surface area contributed by atoms with Gasteiger partial charge in [0, 0.05) is 49.1 Å². The molecular weight excluding hydrogens is 604 g/mol. The molecular formula is C36H47N2O9+. The van der Waals surface area contributed by atoms with Crippen LogP contribution in [0, 0.1) is 23.7 Å². The van der Waals surface area contributed by atoms with E-state index in [4.69, 9.17) is 23.7 Å². The van der Waals surface area contributed by atoms with Crippen LogP contribution in [0.2, 0.25) is 0 Å². The number of hydrogen-bond donors (Lipinski definition) is 2. The predicted octanol–water partition coefficient (Wildman–Crippen LogP) is 3.72. The molecule has 0 aromatic carbocycles. The number of aliphatic hydroxyl groups excluding tert-OH is 1. The number of esters is 3. The average molecular weight is 652 g/mol. The van der Waals surface area contributed by atoms with Gasteiger partial charge in [0.05, 0.1) is 11.7 Å². The summed E-state index contributed by atoms with van der Waals surface area (Å²) in [4.78, 5) is 42.4. The number of carbonyl (C=O) groups excluding carboxylic acids is 3. The van der Waals surface area contributed by atoms with E-state index >= 15 is 0 Å². The number of aromatic amines is 1. The first-order chi connectivity index (χ1) is 22.4. The fourth-order valence-corrected chi connectivity index (χ4v) is 7.20. The molecule has 2 N–H and O–H groups in total. The topological polar surface area (TPSA) is 137 Å². The van der Waals surface area contributed by atoms with Gasteiger partial charge in [-0.25, -0.2) is 14.4 Å². The van der Waals surface area contributed by atoms with E-state index in [1.165, 1.54) is 7.11 Å². The lowest BCUT2D eigenvalue weighted by atomic mass is 9.69. The van der Waals surface area contributed by atoms with Gasteiger partial charge in [0.15, 0.2) is 18.5 Å². The van der Waals surface area contributed by atoms with Gasteiger partial charge in [-0.15, -0.1) is 0 Å².